The molecule has 0 spiro atoms. The summed E-state index contributed by atoms with van der Waals surface area (Å²) in [4.78, 5) is 6.45. The molecular formula is C15H32F3IN4O. The second kappa shape index (κ2) is 13.9. The highest BCUT2D eigenvalue weighted by molar-refractivity contribution is 14.0. The van der Waals surface area contributed by atoms with E-state index >= 15 is 0 Å². The minimum absolute atomic E-state index is 0. The van der Waals surface area contributed by atoms with Crippen molar-refractivity contribution in [3.05, 3.63) is 0 Å². The third kappa shape index (κ3) is 14.1. The maximum Gasteiger partial charge on any atom is 0.411 e. The van der Waals surface area contributed by atoms with Gasteiger partial charge in [0.05, 0.1) is 0 Å². The molecule has 0 aromatic rings. The average molecular weight is 468 g/mol. The highest BCUT2D eigenvalue weighted by atomic mass is 127. The van der Waals surface area contributed by atoms with Gasteiger partial charge >= 0.3 is 6.18 Å². The Bertz CT molecular complexity index is 331. The molecule has 146 valence electrons. The number of halogens is 4. The van der Waals surface area contributed by atoms with Gasteiger partial charge in [-0.15, -0.1) is 24.0 Å². The monoisotopic (exact) mass is 468 g/mol. The maximum absolute atomic E-state index is 11.9. The van der Waals surface area contributed by atoms with Crippen LogP contribution in [0.4, 0.5) is 13.2 Å². The lowest BCUT2D eigenvalue weighted by Crippen LogP contribution is -2.45. The van der Waals surface area contributed by atoms with E-state index in [4.69, 9.17) is 0 Å². The molecule has 9 heteroatoms. The summed E-state index contributed by atoms with van der Waals surface area (Å²) in [5.41, 5.74) is 0. The second-order valence-electron chi connectivity index (χ2n) is 5.87. The second-order valence-corrected chi connectivity index (χ2v) is 5.87. The van der Waals surface area contributed by atoms with Gasteiger partial charge in [-0.05, 0) is 34.1 Å². The van der Waals surface area contributed by atoms with Crippen molar-refractivity contribution in [3.63, 3.8) is 0 Å². The van der Waals surface area contributed by atoms with E-state index in [-0.39, 0.29) is 30.6 Å². The molecule has 5 nitrogen and oxygen atoms in total. The Kier molecular flexibility index (Phi) is 15.1. The normalized spacial score (nSPS) is 12.7. The SMILES string of the molecule is CN=C(NCCCOCC(F)(F)F)NCCN(C(C)C)C(C)C.I. The van der Waals surface area contributed by atoms with E-state index in [0.29, 0.717) is 31.0 Å². The Balaban J connectivity index is 0. The van der Waals surface area contributed by atoms with Gasteiger partial charge in [-0.3, -0.25) is 9.89 Å². The Morgan fingerprint density at radius 1 is 1.08 bits per heavy atom. The van der Waals surface area contributed by atoms with E-state index < -0.39 is 12.8 Å². The summed E-state index contributed by atoms with van der Waals surface area (Å²) in [6, 6.07) is 0.940. The number of ether oxygens (including phenoxy) is 1. The number of nitrogens with zero attached hydrogens (tertiary/aromatic N) is 2. The summed E-state index contributed by atoms with van der Waals surface area (Å²) >= 11 is 0. The first-order valence-electron chi connectivity index (χ1n) is 8.02. The number of aliphatic imine (C=N–C) groups is 1. The predicted molar refractivity (Wildman–Crippen MR) is 103 cm³/mol. The van der Waals surface area contributed by atoms with Crippen molar-refractivity contribution >= 4 is 29.9 Å². The van der Waals surface area contributed by atoms with Crippen LogP contribution in [0.3, 0.4) is 0 Å². The first kappa shape index (κ1) is 25.9. The Hall–Kier alpha value is -0.290. The topological polar surface area (TPSA) is 48.9 Å². The van der Waals surface area contributed by atoms with Gasteiger partial charge in [0, 0.05) is 45.4 Å². The van der Waals surface area contributed by atoms with Crippen LogP contribution in [0.1, 0.15) is 34.1 Å². The summed E-state index contributed by atoms with van der Waals surface area (Å²) in [6.45, 7) is 9.67. The van der Waals surface area contributed by atoms with Crippen LogP contribution in [-0.2, 0) is 4.74 Å². The zero-order valence-electron chi connectivity index (χ0n) is 15.2. The van der Waals surface area contributed by atoms with Crippen molar-refractivity contribution in [2.24, 2.45) is 4.99 Å². The molecule has 0 fully saturated rings. The molecule has 0 aromatic carbocycles. The molecule has 0 aliphatic carbocycles. The smallest absolute Gasteiger partial charge is 0.372 e. The molecule has 2 N–H and O–H groups in total. The average Bonchev–Trinajstić information content (AvgIpc) is 2.42. The molecular weight excluding hydrogens is 436 g/mol. The molecule has 0 atom stereocenters. The Morgan fingerprint density at radius 3 is 2.08 bits per heavy atom. The van der Waals surface area contributed by atoms with Crippen LogP contribution in [0.5, 0.6) is 0 Å². The van der Waals surface area contributed by atoms with E-state index in [1.54, 1.807) is 7.05 Å². The van der Waals surface area contributed by atoms with Gasteiger partial charge in [0.15, 0.2) is 5.96 Å². The van der Waals surface area contributed by atoms with Crippen molar-refractivity contribution in [2.45, 2.75) is 52.4 Å². The van der Waals surface area contributed by atoms with Gasteiger partial charge in [-0.1, -0.05) is 0 Å². The van der Waals surface area contributed by atoms with Crippen LogP contribution >= 0.6 is 24.0 Å². The molecule has 0 radical (unpaired) electrons. The number of guanidine groups is 1. The summed E-state index contributed by atoms with van der Waals surface area (Å²) in [7, 11) is 1.66. The molecule has 0 aliphatic heterocycles. The zero-order valence-corrected chi connectivity index (χ0v) is 17.6. The molecule has 0 aromatic heterocycles. The fourth-order valence-electron chi connectivity index (χ4n) is 2.21. The molecule has 0 unspecified atom stereocenters. The number of hydrogen-bond donors (Lipinski definition) is 2. The quantitative estimate of drug-likeness (QED) is 0.224. The molecule has 0 rings (SSSR count). The first-order valence-corrected chi connectivity index (χ1v) is 8.02. The molecule has 24 heavy (non-hydrogen) atoms. The van der Waals surface area contributed by atoms with E-state index in [1.807, 2.05) is 0 Å². The van der Waals surface area contributed by atoms with Crippen molar-refractivity contribution in [3.8, 4) is 0 Å². The van der Waals surface area contributed by atoms with Crippen LogP contribution in [0.25, 0.3) is 0 Å². The summed E-state index contributed by atoms with van der Waals surface area (Å²) in [5.74, 6) is 0.647. The Morgan fingerprint density at radius 2 is 1.62 bits per heavy atom. The third-order valence-corrected chi connectivity index (χ3v) is 3.24. The number of alkyl halides is 3. The largest absolute Gasteiger partial charge is 0.411 e. The summed E-state index contributed by atoms with van der Waals surface area (Å²) in [5, 5.41) is 6.26. The van der Waals surface area contributed by atoms with Gasteiger partial charge in [-0.25, -0.2) is 0 Å². The van der Waals surface area contributed by atoms with Crippen molar-refractivity contribution in [2.75, 3.05) is 39.9 Å². The molecule has 0 aliphatic rings. The lowest BCUT2D eigenvalue weighted by Gasteiger charge is -2.30. The van der Waals surface area contributed by atoms with Crippen LogP contribution in [0.2, 0.25) is 0 Å². The van der Waals surface area contributed by atoms with E-state index in [2.05, 4.69) is 53.0 Å². The maximum atomic E-state index is 11.9. The van der Waals surface area contributed by atoms with Gasteiger partial charge in [0.1, 0.15) is 6.61 Å². The van der Waals surface area contributed by atoms with Gasteiger partial charge < -0.3 is 15.4 Å². The fraction of sp³-hybridized carbons (Fsp3) is 0.933. The minimum atomic E-state index is -4.26. The van der Waals surface area contributed by atoms with Gasteiger partial charge in [-0.2, -0.15) is 13.2 Å². The summed E-state index contributed by atoms with van der Waals surface area (Å²) in [6.07, 6.45) is -3.77. The number of nitrogens with one attached hydrogen (secondary N) is 2. The lowest BCUT2D eigenvalue weighted by molar-refractivity contribution is -0.173. The number of rotatable bonds is 10. The summed E-state index contributed by atoms with van der Waals surface area (Å²) < 4.78 is 40.2. The van der Waals surface area contributed by atoms with E-state index in [9.17, 15) is 13.2 Å². The van der Waals surface area contributed by atoms with Crippen LogP contribution in [0, 0.1) is 0 Å². The van der Waals surface area contributed by atoms with Crippen molar-refractivity contribution < 1.29 is 17.9 Å². The van der Waals surface area contributed by atoms with E-state index in [1.165, 1.54) is 0 Å². The van der Waals surface area contributed by atoms with E-state index in [0.717, 1.165) is 13.1 Å². The molecule has 0 heterocycles. The van der Waals surface area contributed by atoms with Crippen molar-refractivity contribution in [1.82, 2.24) is 15.5 Å². The van der Waals surface area contributed by atoms with Gasteiger partial charge in [0.2, 0.25) is 0 Å². The molecule has 0 saturated heterocycles. The minimum Gasteiger partial charge on any atom is -0.372 e. The molecule has 0 amide bonds. The predicted octanol–water partition coefficient (Wildman–Crippen LogP) is 2.86. The third-order valence-electron chi connectivity index (χ3n) is 3.24. The lowest BCUT2D eigenvalue weighted by atomic mass is 10.2. The number of hydrogen-bond acceptors (Lipinski definition) is 3. The highest BCUT2D eigenvalue weighted by Gasteiger charge is 2.27. The van der Waals surface area contributed by atoms with Crippen LogP contribution < -0.4 is 10.6 Å². The first-order chi connectivity index (χ1) is 10.7. The standard InChI is InChI=1S/C15H31F3N4O.HI/c1-12(2)22(13(3)4)9-8-21-14(19-5)20-7-6-10-23-11-15(16,17)18;/h12-13H,6-11H2,1-5H3,(H2,19,20,21);1H. The van der Waals surface area contributed by atoms with Gasteiger partial charge in [0.25, 0.3) is 0 Å². The van der Waals surface area contributed by atoms with Crippen LogP contribution in [0.15, 0.2) is 4.99 Å². The fourth-order valence-corrected chi connectivity index (χ4v) is 2.21. The molecule has 0 saturated carbocycles. The van der Waals surface area contributed by atoms with Crippen molar-refractivity contribution in [1.29, 1.82) is 0 Å². The van der Waals surface area contributed by atoms with Crippen LogP contribution in [-0.4, -0.2) is 69.0 Å². The molecule has 0 bridgehead atoms. The highest BCUT2D eigenvalue weighted by Crippen LogP contribution is 2.14. The zero-order chi connectivity index (χ0) is 17.9. The Labute approximate surface area is 160 Å².